The third kappa shape index (κ3) is 5.35. The third-order valence-corrected chi connectivity index (χ3v) is 13.4. The van der Waals surface area contributed by atoms with E-state index in [1.54, 1.807) is 0 Å². The molecule has 13 rings (SSSR count). The van der Waals surface area contributed by atoms with Gasteiger partial charge in [-0.1, -0.05) is 170 Å². The molecule has 0 unspecified atom stereocenters. The van der Waals surface area contributed by atoms with E-state index in [2.05, 4.69) is 160 Å². The monoisotopic (exact) mass is 837 g/mol. The lowest BCUT2D eigenvalue weighted by Gasteiger charge is -2.25. The molecule has 0 fully saturated rings. The van der Waals surface area contributed by atoms with Crippen LogP contribution in [0, 0.1) is 17.9 Å². The maximum Gasteiger partial charge on any atom is 0.220 e. The summed E-state index contributed by atoms with van der Waals surface area (Å²) in [5, 5.41) is 20.6. The normalized spacial score (nSPS) is 11.6. The van der Waals surface area contributed by atoms with E-state index in [-0.39, 0.29) is 0 Å². The number of pyridine rings is 1. The molecule has 3 heterocycles. The van der Waals surface area contributed by atoms with Gasteiger partial charge in [-0.15, -0.1) is 0 Å². The predicted molar refractivity (Wildman–Crippen MR) is 272 cm³/mol. The summed E-state index contributed by atoms with van der Waals surface area (Å²) < 4.78 is 4.55. The fourth-order valence-corrected chi connectivity index (χ4v) is 10.6. The molecule has 0 aliphatic carbocycles. The van der Waals surface area contributed by atoms with Crippen LogP contribution in [0.15, 0.2) is 213 Å². The molecule has 0 N–H and O–H groups in total. The Hall–Kier alpha value is -9.29. The lowest BCUT2D eigenvalue weighted by molar-refractivity contribution is 1.13. The van der Waals surface area contributed by atoms with Crippen LogP contribution in [0.3, 0.4) is 0 Å². The highest BCUT2D eigenvalue weighted by molar-refractivity contribution is 6.34. The standard InChI is InChI=1S/C61H35N5/c1-63-59-55(40-21-10-4-11-22-40)49(35-62)60(65-51-31-29-42(38-17-6-2-7-18-38)33-47(51)48-34-43(30-32-52(48)65)39-19-8-3-9-20-39)56(41-23-12-5-13-24-41)61(59)66-53-28-16-27-46-44-25-14-15-26-45(44)50-36-64-37-54(66)58(50)57(46)53/h2-34,36-37H. The maximum absolute atomic E-state index is 11.8. The molecule has 3 aromatic heterocycles. The Morgan fingerprint density at radius 3 is 1.44 bits per heavy atom. The number of nitriles is 1. The number of benzene rings is 10. The van der Waals surface area contributed by atoms with Crippen molar-refractivity contribution in [3.8, 4) is 62.0 Å². The van der Waals surface area contributed by atoms with Gasteiger partial charge in [-0.2, -0.15) is 5.26 Å². The molecule has 5 nitrogen and oxygen atoms in total. The van der Waals surface area contributed by atoms with Gasteiger partial charge in [0, 0.05) is 44.3 Å². The molecule has 66 heavy (non-hydrogen) atoms. The van der Waals surface area contributed by atoms with Crippen LogP contribution in [0.4, 0.5) is 5.69 Å². The minimum Gasteiger partial charge on any atom is -0.317 e. The van der Waals surface area contributed by atoms with E-state index in [1.165, 1.54) is 0 Å². The Morgan fingerprint density at radius 2 is 0.879 bits per heavy atom. The molecule has 0 atom stereocenters. The van der Waals surface area contributed by atoms with Gasteiger partial charge in [-0.3, -0.25) is 4.98 Å². The summed E-state index contributed by atoms with van der Waals surface area (Å²) in [6, 6.07) is 72.3. The molecule has 5 heteroatoms. The zero-order valence-corrected chi connectivity index (χ0v) is 35.4. The Balaban J connectivity index is 1.27. The van der Waals surface area contributed by atoms with Crippen molar-refractivity contribution in [2.45, 2.75) is 0 Å². The second kappa shape index (κ2) is 14.6. The van der Waals surface area contributed by atoms with Crippen molar-refractivity contribution in [1.82, 2.24) is 14.1 Å². The van der Waals surface area contributed by atoms with E-state index in [9.17, 15) is 11.8 Å². The molecular formula is C61H35N5. The molecule has 0 saturated carbocycles. The molecular weight excluding hydrogens is 803 g/mol. The summed E-state index contributed by atoms with van der Waals surface area (Å²) >= 11 is 0. The molecule has 0 radical (unpaired) electrons. The van der Waals surface area contributed by atoms with Crippen molar-refractivity contribution in [3.05, 3.63) is 230 Å². The van der Waals surface area contributed by atoms with Crippen LogP contribution >= 0.6 is 0 Å². The largest absolute Gasteiger partial charge is 0.317 e. The molecule has 0 aliphatic rings. The van der Waals surface area contributed by atoms with Gasteiger partial charge in [0.15, 0.2) is 0 Å². The van der Waals surface area contributed by atoms with Gasteiger partial charge >= 0.3 is 0 Å². The zero-order valence-electron chi connectivity index (χ0n) is 35.4. The zero-order chi connectivity index (χ0) is 43.9. The molecule has 0 aliphatic heterocycles. The molecule has 0 spiro atoms. The average Bonchev–Trinajstić information content (AvgIpc) is 3.91. The van der Waals surface area contributed by atoms with E-state index in [4.69, 9.17) is 4.98 Å². The third-order valence-electron chi connectivity index (χ3n) is 13.4. The van der Waals surface area contributed by atoms with Gasteiger partial charge in [-0.05, 0) is 79.9 Å². The highest BCUT2D eigenvalue weighted by Crippen LogP contribution is 2.53. The number of nitrogens with zero attached hydrogens (tertiary/aromatic N) is 5. The molecule has 0 saturated heterocycles. The summed E-state index contributed by atoms with van der Waals surface area (Å²) in [7, 11) is 0. The number of hydrogen-bond acceptors (Lipinski definition) is 2. The Labute approximate surface area is 380 Å². The summed E-state index contributed by atoms with van der Waals surface area (Å²) in [6.07, 6.45) is 3.91. The van der Waals surface area contributed by atoms with Gasteiger partial charge in [-0.25, -0.2) is 4.85 Å². The minimum absolute atomic E-state index is 0.394. The first-order valence-electron chi connectivity index (χ1n) is 22.0. The maximum atomic E-state index is 11.8. The van der Waals surface area contributed by atoms with Gasteiger partial charge in [0.1, 0.15) is 6.07 Å². The van der Waals surface area contributed by atoms with Gasteiger partial charge < -0.3 is 9.13 Å². The van der Waals surface area contributed by atoms with Crippen LogP contribution in [0.2, 0.25) is 0 Å². The number of hydrogen-bond donors (Lipinski definition) is 0. The van der Waals surface area contributed by atoms with E-state index in [1.807, 2.05) is 73.1 Å². The summed E-state index contributed by atoms with van der Waals surface area (Å²) in [6.45, 7) is 9.22. The number of aromatic nitrogens is 3. The molecule has 304 valence electrons. The summed E-state index contributed by atoms with van der Waals surface area (Å²) in [5.41, 5.74) is 13.5. The van der Waals surface area contributed by atoms with Crippen LogP contribution in [0.5, 0.6) is 0 Å². The van der Waals surface area contributed by atoms with E-state index < -0.39 is 0 Å². The first kappa shape index (κ1) is 37.3. The molecule has 0 amide bonds. The van der Waals surface area contributed by atoms with E-state index in [0.29, 0.717) is 28.2 Å². The quantitative estimate of drug-likeness (QED) is 0.124. The van der Waals surface area contributed by atoms with E-state index >= 15 is 0 Å². The Bertz CT molecular complexity index is 3970. The lowest BCUT2D eigenvalue weighted by atomic mass is 9.88. The second-order valence-corrected chi connectivity index (χ2v) is 16.8. The van der Waals surface area contributed by atoms with Crippen molar-refractivity contribution in [3.63, 3.8) is 0 Å². The number of fused-ring (bicyclic) bond motifs is 6. The molecule has 13 aromatic rings. The first-order chi connectivity index (χ1) is 32.7. The van der Waals surface area contributed by atoms with Crippen molar-refractivity contribution < 1.29 is 0 Å². The van der Waals surface area contributed by atoms with Crippen LogP contribution in [0.25, 0.3) is 126 Å². The Morgan fingerprint density at radius 1 is 0.394 bits per heavy atom. The van der Waals surface area contributed by atoms with Crippen molar-refractivity contribution in [2.24, 2.45) is 0 Å². The van der Waals surface area contributed by atoms with Gasteiger partial charge in [0.05, 0.1) is 51.8 Å². The topological polar surface area (TPSA) is 50.9 Å². The summed E-state index contributed by atoms with van der Waals surface area (Å²) in [5.74, 6) is 0. The highest BCUT2D eigenvalue weighted by Gasteiger charge is 2.32. The lowest BCUT2D eigenvalue weighted by Crippen LogP contribution is -2.08. The average molecular weight is 838 g/mol. The second-order valence-electron chi connectivity index (χ2n) is 16.8. The summed E-state index contributed by atoms with van der Waals surface area (Å²) in [4.78, 5) is 9.43. The van der Waals surface area contributed by atoms with Crippen LogP contribution in [-0.2, 0) is 0 Å². The van der Waals surface area contributed by atoms with Crippen molar-refractivity contribution >= 4 is 70.8 Å². The predicted octanol–water partition coefficient (Wildman–Crippen LogP) is 16.1. The van der Waals surface area contributed by atoms with Crippen molar-refractivity contribution in [1.29, 1.82) is 5.26 Å². The van der Waals surface area contributed by atoms with E-state index in [0.717, 1.165) is 104 Å². The SMILES string of the molecule is [C-]#[N+]c1c(-c2ccccc2)c(C#N)c(-n2c3ccc(-c4ccccc4)cc3c3cc(-c4ccccc4)ccc32)c(-c2ccccc2)c1-n1c2cccc3c4ccccc4c4cncc1c4c32. The molecule has 0 bridgehead atoms. The fourth-order valence-electron chi connectivity index (χ4n) is 10.6. The smallest absolute Gasteiger partial charge is 0.220 e. The fraction of sp³-hybridized carbons (Fsp3) is 0. The highest BCUT2D eigenvalue weighted by atomic mass is 15.0. The van der Waals surface area contributed by atoms with Gasteiger partial charge in [0.2, 0.25) is 5.69 Å². The minimum atomic E-state index is 0.394. The first-order valence-corrected chi connectivity index (χ1v) is 22.0. The van der Waals surface area contributed by atoms with Crippen LogP contribution in [0.1, 0.15) is 5.56 Å². The Kier molecular flexibility index (Phi) is 8.27. The van der Waals surface area contributed by atoms with Crippen LogP contribution in [-0.4, -0.2) is 14.1 Å². The van der Waals surface area contributed by atoms with Crippen LogP contribution < -0.4 is 0 Å². The van der Waals surface area contributed by atoms with Gasteiger partial charge in [0.25, 0.3) is 0 Å². The van der Waals surface area contributed by atoms with Crippen molar-refractivity contribution in [2.75, 3.05) is 0 Å². The molecule has 10 aromatic carbocycles. The number of rotatable bonds is 6.